The van der Waals surface area contributed by atoms with Gasteiger partial charge in [-0.2, -0.15) is 0 Å². The van der Waals surface area contributed by atoms with Crippen molar-refractivity contribution in [3.05, 3.63) is 28.2 Å². The van der Waals surface area contributed by atoms with E-state index in [0.717, 1.165) is 32.4 Å². The molecule has 1 aromatic carbocycles. The van der Waals surface area contributed by atoms with Gasteiger partial charge in [0, 0.05) is 16.6 Å². The number of halogens is 3. The second kappa shape index (κ2) is 8.56. The average Bonchev–Trinajstić information content (AvgIpc) is 2.38. The van der Waals surface area contributed by atoms with Crippen LogP contribution in [0.4, 0.5) is 0 Å². The molecule has 4 nitrogen and oxygen atoms in total. The van der Waals surface area contributed by atoms with Crippen molar-refractivity contribution in [3.63, 3.8) is 0 Å². The van der Waals surface area contributed by atoms with Crippen molar-refractivity contribution < 1.29 is 8.42 Å². The highest BCUT2D eigenvalue weighted by Crippen LogP contribution is 2.22. The molecule has 0 radical (unpaired) electrons. The highest BCUT2D eigenvalue weighted by atomic mass is 35.5. The van der Waals surface area contributed by atoms with Crippen molar-refractivity contribution in [1.29, 1.82) is 0 Å². The van der Waals surface area contributed by atoms with Crippen molar-refractivity contribution in [1.82, 2.24) is 10.0 Å². The molecular formula is C13H19Cl3N2O2S. The lowest BCUT2D eigenvalue weighted by Gasteiger charge is -2.22. The van der Waals surface area contributed by atoms with Gasteiger partial charge in [0.15, 0.2) is 0 Å². The molecule has 1 aliphatic heterocycles. The predicted octanol–water partition coefficient (Wildman–Crippen LogP) is 3.08. The van der Waals surface area contributed by atoms with E-state index in [1.165, 1.54) is 18.2 Å². The van der Waals surface area contributed by atoms with E-state index in [1.54, 1.807) is 0 Å². The first kappa shape index (κ1) is 19.0. The van der Waals surface area contributed by atoms with Crippen LogP contribution in [0.3, 0.4) is 0 Å². The monoisotopic (exact) mass is 372 g/mol. The van der Waals surface area contributed by atoms with Crippen LogP contribution >= 0.6 is 35.6 Å². The minimum Gasteiger partial charge on any atom is -0.316 e. The summed E-state index contributed by atoms with van der Waals surface area (Å²) in [5, 5.41) is 3.95. The van der Waals surface area contributed by atoms with E-state index in [0.29, 0.717) is 22.5 Å². The van der Waals surface area contributed by atoms with Crippen molar-refractivity contribution >= 4 is 45.6 Å². The smallest absolute Gasteiger partial charge is 0.240 e. The van der Waals surface area contributed by atoms with Crippen molar-refractivity contribution in [2.45, 2.75) is 24.2 Å². The van der Waals surface area contributed by atoms with E-state index >= 15 is 0 Å². The summed E-state index contributed by atoms with van der Waals surface area (Å²) < 4.78 is 26.9. The molecule has 1 atom stereocenters. The lowest BCUT2D eigenvalue weighted by Crippen LogP contribution is -2.33. The molecule has 0 spiro atoms. The fraction of sp³-hybridized carbons (Fsp3) is 0.538. The van der Waals surface area contributed by atoms with Gasteiger partial charge >= 0.3 is 0 Å². The Morgan fingerprint density at radius 2 is 1.90 bits per heavy atom. The molecule has 1 heterocycles. The van der Waals surface area contributed by atoms with Crippen molar-refractivity contribution in [3.8, 4) is 0 Å². The first-order valence-corrected chi connectivity index (χ1v) is 8.88. The summed E-state index contributed by atoms with van der Waals surface area (Å²) in [5.74, 6) is 0.536. The minimum absolute atomic E-state index is 0. The molecule has 1 unspecified atom stereocenters. The zero-order valence-corrected chi connectivity index (χ0v) is 14.6. The predicted molar refractivity (Wildman–Crippen MR) is 89.1 cm³/mol. The Hall–Kier alpha value is -0.0400. The van der Waals surface area contributed by atoms with E-state index in [-0.39, 0.29) is 17.3 Å². The highest BCUT2D eigenvalue weighted by molar-refractivity contribution is 7.89. The molecule has 0 bridgehead atoms. The van der Waals surface area contributed by atoms with Crippen LogP contribution < -0.4 is 10.0 Å². The molecule has 0 amide bonds. The van der Waals surface area contributed by atoms with Crippen LogP contribution in [0.25, 0.3) is 0 Å². The van der Waals surface area contributed by atoms with Crippen LogP contribution in [-0.2, 0) is 10.0 Å². The Labute approximate surface area is 142 Å². The fourth-order valence-corrected chi connectivity index (χ4v) is 4.11. The first-order valence-electron chi connectivity index (χ1n) is 6.64. The molecule has 120 valence electrons. The topological polar surface area (TPSA) is 58.2 Å². The van der Waals surface area contributed by atoms with Gasteiger partial charge in [0.25, 0.3) is 0 Å². The van der Waals surface area contributed by atoms with Crippen LogP contribution in [0.1, 0.15) is 19.3 Å². The van der Waals surface area contributed by atoms with Crippen molar-refractivity contribution in [2.24, 2.45) is 5.92 Å². The van der Waals surface area contributed by atoms with Crippen LogP contribution in [-0.4, -0.2) is 28.1 Å². The molecule has 0 aliphatic carbocycles. The van der Waals surface area contributed by atoms with E-state index in [1.807, 2.05) is 0 Å². The van der Waals surface area contributed by atoms with Gasteiger partial charge in [0.1, 0.15) is 0 Å². The Morgan fingerprint density at radius 3 is 2.48 bits per heavy atom. The highest BCUT2D eigenvalue weighted by Gasteiger charge is 2.17. The van der Waals surface area contributed by atoms with E-state index < -0.39 is 10.0 Å². The van der Waals surface area contributed by atoms with Crippen molar-refractivity contribution in [2.75, 3.05) is 19.6 Å². The Balaban J connectivity index is 0.00000220. The largest absolute Gasteiger partial charge is 0.316 e. The molecule has 2 rings (SSSR count). The van der Waals surface area contributed by atoms with Crippen LogP contribution in [0.5, 0.6) is 0 Å². The number of rotatable bonds is 5. The van der Waals surface area contributed by atoms with E-state index in [2.05, 4.69) is 10.0 Å². The SMILES string of the molecule is Cl.O=S(=O)(NCCC1CCCNC1)c1cc(Cl)cc(Cl)c1. The maximum atomic E-state index is 12.1. The quantitative estimate of drug-likeness (QED) is 0.834. The van der Waals surface area contributed by atoms with Crippen LogP contribution in [0, 0.1) is 5.92 Å². The van der Waals surface area contributed by atoms with Crippen LogP contribution in [0.2, 0.25) is 10.0 Å². The van der Waals surface area contributed by atoms with Gasteiger partial charge < -0.3 is 5.32 Å². The third-order valence-electron chi connectivity index (χ3n) is 3.39. The number of sulfonamides is 1. The molecule has 1 aliphatic rings. The van der Waals surface area contributed by atoms with Gasteiger partial charge in [-0.3, -0.25) is 0 Å². The molecular weight excluding hydrogens is 355 g/mol. The maximum absolute atomic E-state index is 12.1. The van der Waals surface area contributed by atoms with Crippen LogP contribution in [0.15, 0.2) is 23.1 Å². The molecule has 1 aromatic rings. The van der Waals surface area contributed by atoms with E-state index in [4.69, 9.17) is 23.2 Å². The van der Waals surface area contributed by atoms with Gasteiger partial charge in [-0.15, -0.1) is 12.4 Å². The average molecular weight is 374 g/mol. The minimum atomic E-state index is -3.55. The normalized spacial score (nSPS) is 19.0. The number of hydrogen-bond donors (Lipinski definition) is 2. The van der Waals surface area contributed by atoms with E-state index in [9.17, 15) is 8.42 Å². The van der Waals surface area contributed by atoms with Gasteiger partial charge in [-0.25, -0.2) is 13.1 Å². The summed E-state index contributed by atoms with van der Waals surface area (Å²) >= 11 is 11.7. The standard InChI is InChI=1S/C13H18Cl2N2O2S.ClH/c14-11-6-12(15)8-13(7-11)20(18,19)17-5-3-10-2-1-4-16-9-10;/h6-8,10,16-17H,1-5,9H2;1H. The Bertz CT molecular complexity index is 540. The third-order valence-corrected chi connectivity index (χ3v) is 5.27. The summed E-state index contributed by atoms with van der Waals surface area (Å²) in [6.45, 7) is 2.45. The maximum Gasteiger partial charge on any atom is 0.240 e. The molecule has 8 heteroatoms. The van der Waals surface area contributed by atoms with Gasteiger partial charge in [0.05, 0.1) is 4.90 Å². The Morgan fingerprint density at radius 1 is 1.24 bits per heavy atom. The number of hydrogen-bond acceptors (Lipinski definition) is 3. The molecule has 21 heavy (non-hydrogen) atoms. The summed E-state index contributed by atoms with van der Waals surface area (Å²) in [5.41, 5.74) is 0. The first-order chi connectivity index (χ1) is 9.47. The molecule has 1 fully saturated rings. The Kier molecular flexibility index (Phi) is 7.74. The fourth-order valence-electron chi connectivity index (χ4n) is 2.33. The van der Waals surface area contributed by atoms with Gasteiger partial charge in [0.2, 0.25) is 10.0 Å². The van der Waals surface area contributed by atoms with Gasteiger partial charge in [-0.1, -0.05) is 23.2 Å². The summed E-state index contributed by atoms with van der Waals surface area (Å²) in [7, 11) is -3.55. The summed E-state index contributed by atoms with van der Waals surface area (Å²) in [6, 6.07) is 4.31. The second-order valence-electron chi connectivity index (χ2n) is 5.00. The van der Waals surface area contributed by atoms with Gasteiger partial charge in [-0.05, 0) is 56.5 Å². The summed E-state index contributed by atoms with van der Waals surface area (Å²) in [6.07, 6.45) is 3.14. The summed E-state index contributed by atoms with van der Waals surface area (Å²) in [4.78, 5) is 0.108. The number of benzene rings is 1. The lowest BCUT2D eigenvalue weighted by molar-refractivity contribution is 0.358. The molecule has 1 saturated heterocycles. The number of nitrogens with one attached hydrogen (secondary N) is 2. The second-order valence-corrected chi connectivity index (χ2v) is 7.64. The molecule has 0 aromatic heterocycles. The third kappa shape index (κ3) is 5.93. The molecule has 0 saturated carbocycles. The zero-order valence-electron chi connectivity index (χ0n) is 11.4. The zero-order chi connectivity index (χ0) is 14.6. The number of piperidine rings is 1. The lowest BCUT2D eigenvalue weighted by atomic mass is 9.96. The molecule has 2 N–H and O–H groups in total.